The molecule has 1 aromatic rings. The molecule has 0 saturated carbocycles. The van der Waals surface area contributed by atoms with E-state index in [4.69, 9.17) is 0 Å². The first kappa shape index (κ1) is 13.5. The van der Waals surface area contributed by atoms with Crippen LogP contribution in [0.15, 0.2) is 12.4 Å². The van der Waals surface area contributed by atoms with Crippen molar-refractivity contribution in [1.82, 2.24) is 20.0 Å². The SMILES string of the molecule is CCN1CCC(NC(=O)Cn2cc([N+](=O)[O-])cn2)C1. The standard InChI is InChI=1S/C11H17N5O3/c1-2-14-4-3-9(6-14)13-11(17)8-15-7-10(5-12-15)16(18)19/h5,7,9H,2-4,6,8H2,1H3,(H,13,17). The van der Waals surface area contributed by atoms with E-state index in [1.807, 2.05) is 0 Å². The Balaban J connectivity index is 1.82. The number of nitrogens with zero attached hydrogens (tertiary/aromatic N) is 4. The zero-order valence-corrected chi connectivity index (χ0v) is 10.8. The lowest BCUT2D eigenvalue weighted by Crippen LogP contribution is -2.38. The Morgan fingerprint density at radius 1 is 1.68 bits per heavy atom. The predicted molar refractivity (Wildman–Crippen MR) is 67.5 cm³/mol. The summed E-state index contributed by atoms with van der Waals surface area (Å²) in [6.45, 7) is 4.94. The third-order valence-corrected chi connectivity index (χ3v) is 3.22. The molecule has 1 aliphatic rings. The third kappa shape index (κ3) is 3.50. The second-order valence-electron chi connectivity index (χ2n) is 4.60. The van der Waals surface area contributed by atoms with E-state index in [0.29, 0.717) is 0 Å². The quantitative estimate of drug-likeness (QED) is 0.598. The van der Waals surface area contributed by atoms with E-state index in [1.54, 1.807) is 0 Å². The minimum atomic E-state index is -0.530. The molecule has 8 heteroatoms. The molecule has 1 atom stereocenters. The second-order valence-corrected chi connectivity index (χ2v) is 4.60. The van der Waals surface area contributed by atoms with Gasteiger partial charge in [0.2, 0.25) is 5.91 Å². The van der Waals surface area contributed by atoms with Crippen LogP contribution < -0.4 is 5.32 Å². The molecule has 1 saturated heterocycles. The van der Waals surface area contributed by atoms with Gasteiger partial charge >= 0.3 is 5.69 Å². The number of carbonyl (C=O) groups is 1. The number of amides is 1. The number of hydrogen-bond donors (Lipinski definition) is 1. The molecular formula is C11H17N5O3. The van der Waals surface area contributed by atoms with E-state index in [-0.39, 0.29) is 24.2 Å². The fourth-order valence-corrected chi connectivity index (χ4v) is 2.19. The van der Waals surface area contributed by atoms with Gasteiger partial charge in [0.15, 0.2) is 0 Å². The Bertz CT molecular complexity index is 473. The summed E-state index contributed by atoms with van der Waals surface area (Å²) in [5.74, 6) is -0.166. The summed E-state index contributed by atoms with van der Waals surface area (Å²) < 4.78 is 1.28. The Hall–Kier alpha value is -1.96. The predicted octanol–water partition coefficient (Wildman–Crippen LogP) is 0.00170. The van der Waals surface area contributed by atoms with Gasteiger partial charge in [-0.05, 0) is 13.0 Å². The van der Waals surface area contributed by atoms with Crippen molar-refractivity contribution in [2.45, 2.75) is 25.9 Å². The fraction of sp³-hybridized carbons (Fsp3) is 0.636. The molecule has 0 radical (unpaired) electrons. The monoisotopic (exact) mass is 267 g/mol. The normalized spacial score (nSPS) is 19.5. The maximum atomic E-state index is 11.8. The number of nitrogens with one attached hydrogen (secondary N) is 1. The van der Waals surface area contributed by atoms with Gasteiger partial charge < -0.3 is 10.2 Å². The van der Waals surface area contributed by atoms with Crippen LogP contribution in [-0.2, 0) is 11.3 Å². The van der Waals surface area contributed by atoms with E-state index in [9.17, 15) is 14.9 Å². The largest absolute Gasteiger partial charge is 0.350 e. The van der Waals surface area contributed by atoms with Gasteiger partial charge in [0.1, 0.15) is 18.9 Å². The molecule has 1 aliphatic heterocycles. The molecule has 19 heavy (non-hydrogen) atoms. The van der Waals surface area contributed by atoms with Gasteiger partial charge in [0.25, 0.3) is 0 Å². The molecule has 1 N–H and O–H groups in total. The van der Waals surface area contributed by atoms with Crippen molar-refractivity contribution < 1.29 is 9.72 Å². The first-order valence-electron chi connectivity index (χ1n) is 6.27. The average Bonchev–Trinajstić information content (AvgIpc) is 2.98. The highest BCUT2D eigenvalue weighted by Gasteiger charge is 2.22. The molecule has 8 nitrogen and oxygen atoms in total. The summed E-state index contributed by atoms with van der Waals surface area (Å²) in [6.07, 6.45) is 3.34. The van der Waals surface area contributed by atoms with Gasteiger partial charge in [-0.3, -0.25) is 19.6 Å². The molecule has 1 amide bonds. The first-order chi connectivity index (χ1) is 9.08. The summed E-state index contributed by atoms with van der Waals surface area (Å²) >= 11 is 0. The zero-order chi connectivity index (χ0) is 13.8. The first-order valence-corrected chi connectivity index (χ1v) is 6.27. The molecule has 1 fully saturated rings. The fourth-order valence-electron chi connectivity index (χ4n) is 2.19. The van der Waals surface area contributed by atoms with Crippen LogP contribution in [0.4, 0.5) is 5.69 Å². The Labute approximate surface area is 110 Å². The summed E-state index contributed by atoms with van der Waals surface area (Å²) in [7, 11) is 0. The summed E-state index contributed by atoms with van der Waals surface area (Å²) in [5.41, 5.74) is -0.106. The molecular weight excluding hydrogens is 250 g/mol. The molecule has 2 rings (SSSR count). The smallest absolute Gasteiger partial charge is 0.307 e. The molecule has 104 valence electrons. The van der Waals surface area contributed by atoms with E-state index >= 15 is 0 Å². The lowest BCUT2D eigenvalue weighted by molar-refractivity contribution is -0.385. The van der Waals surface area contributed by atoms with Crippen LogP contribution in [-0.4, -0.2) is 51.2 Å². The van der Waals surface area contributed by atoms with Gasteiger partial charge in [-0.15, -0.1) is 0 Å². The number of likely N-dealkylation sites (N-methyl/N-ethyl adjacent to an activating group) is 1. The molecule has 1 aromatic heterocycles. The van der Waals surface area contributed by atoms with Crippen molar-refractivity contribution in [3.8, 4) is 0 Å². The summed E-state index contributed by atoms with van der Waals surface area (Å²) in [5, 5.41) is 17.2. The van der Waals surface area contributed by atoms with Crippen molar-refractivity contribution >= 4 is 11.6 Å². The van der Waals surface area contributed by atoms with Crippen molar-refractivity contribution in [2.24, 2.45) is 0 Å². The molecule has 0 spiro atoms. The van der Waals surface area contributed by atoms with Gasteiger partial charge in [0.05, 0.1) is 4.92 Å². The maximum absolute atomic E-state index is 11.8. The van der Waals surface area contributed by atoms with Crippen LogP contribution >= 0.6 is 0 Å². The Morgan fingerprint density at radius 3 is 3.05 bits per heavy atom. The molecule has 1 unspecified atom stereocenters. The second kappa shape index (κ2) is 5.79. The van der Waals surface area contributed by atoms with Crippen molar-refractivity contribution in [2.75, 3.05) is 19.6 Å². The van der Waals surface area contributed by atoms with Gasteiger partial charge in [-0.1, -0.05) is 6.92 Å². The van der Waals surface area contributed by atoms with Crippen LogP contribution in [0.25, 0.3) is 0 Å². The van der Waals surface area contributed by atoms with Crippen molar-refractivity contribution in [3.05, 3.63) is 22.5 Å². The number of likely N-dealkylation sites (tertiary alicyclic amines) is 1. The summed E-state index contributed by atoms with van der Waals surface area (Å²) in [4.78, 5) is 24.0. The van der Waals surface area contributed by atoms with E-state index in [1.165, 1.54) is 10.9 Å². The molecule has 0 bridgehead atoms. The van der Waals surface area contributed by atoms with Crippen LogP contribution in [0, 0.1) is 10.1 Å². The molecule has 0 aliphatic carbocycles. The Morgan fingerprint density at radius 2 is 2.47 bits per heavy atom. The van der Waals surface area contributed by atoms with Gasteiger partial charge in [0, 0.05) is 19.1 Å². The molecule has 0 aromatic carbocycles. The highest BCUT2D eigenvalue weighted by molar-refractivity contribution is 5.76. The lowest BCUT2D eigenvalue weighted by Gasteiger charge is -2.14. The van der Waals surface area contributed by atoms with Crippen molar-refractivity contribution in [3.63, 3.8) is 0 Å². The van der Waals surface area contributed by atoms with Crippen LogP contribution in [0.5, 0.6) is 0 Å². The number of hydrogen-bond acceptors (Lipinski definition) is 5. The van der Waals surface area contributed by atoms with Gasteiger partial charge in [-0.2, -0.15) is 5.10 Å². The van der Waals surface area contributed by atoms with E-state index in [0.717, 1.165) is 32.3 Å². The van der Waals surface area contributed by atoms with Crippen molar-refractivity contribution in [1.29, 1.82) is 0 Å². The zero-order valence-electron chi connectivity index (χ0n) is 10.8. The average molecular weight is 267 g/mol. The molecule has 2 heterocycles. The maximum Gasteiger partial charge on any atom is 0.307 e. The minimum Gasteiger partial charge on any atom is -0.350 e. The number of nitro groups is 1. The Kier molecular flexibility index (Phi) is 4.10. The third-order valence-electron chi connectivity index (χ3n) is 3.22. The summed E-state index contributed by atoms with van der Waals surface area (Å²) in [6, 6.07) is 0.165. The van der Waals surface area contributed by atoms with E-state index < -0.39 is 4.92 Å². The van der Waals surface area contributed by atoms with Crippen LogP contribution in [0.1, 0.15) is 13.3 Å². The lowest BCUT2D eigenvalue weighted by atomic mass is 10.2. The number of carbonyl (C=O) groups excluding carboxylic acids is 1. The number of aromatic nitrogens is 2. The minimum absolute atomic E-state index is 0.0104. The van der Waals surface area contributed by atoms with Crippen LogP contribution in [0.2, 0.25) is 0 Å². The van der Waals surface area contributed by atoms with E-state index in [2.05, 4.69) is 22.2 Å². The van der Waals surface area contributed by atoms with Gasteiger partial charge in [-0.25, -0.2) is 0 Å². The number of rotatable bonds is 5. The topological polar surface area (TPSA) is 93.3 Å². The van der Waals surface area contributed by atoms with Crippen LogP contribution in [0.3, 0.4) is 0 Å². The highest BCUT2D eigenvalue weighted by Crippen LogP contribution is 2.09. The highest BCUT2D eigenvalue weighted by atomic mass is 16.6.